The summed E-state index contributed by atoms with van der Waals surface area (Å²) in [5.74, 6) is 0.549. The van der Waals surface area contributed by atoms with E-state index in [1.165, 1.54) is 5.56 Å². The van der Waals surface area contributed by atoms with Gasteiger partial charge in [-0.25, -0.2) is 9.97 Å². The summed E-state index contributed by atoms with van der Waals surface area (Å²) in [5, 5.41) is 6.66. The number of fused-ring (bicyclic) bond motifs is 1. The van der Waals surface area contributed by atoms with Gasteiger partial charge < -0.3 is 19.7 Å². The van der Waals surface area contributed by atoms with Crippen LogP contribution in [0.1, 0.15) is 84.9 Å². The minimum absolute atomic E-state index is 0.0169. The van der Waals surface area contributed by atoms with Crippen molar-refractivity contribution >= 4 is 46.2 Å². The summed E-state index contributed by atoms with van der Waals surface area (Å²) in [6.07, 6.45) is 11.4. The molecular formula is C40H50N10O3. The van der Waals surface area contributed by atoms with E-state index in [0.717, 1.165) is 107 Å². The molecule has 13 heteroatoms. The Labute approximate surface area is 310 Å². The van der Waals surface area contributed by atoms with E-state index in [0.29, 0.717) is 36.3 Å². The van der Waals surface area contributed by atoms with Gasteiger partial charge in [0, 0.05) is 90.0 Å². The van der Waals surface area contributed by atoms with Crippen molar-refractivity contribution in [2.45, 2.75) is 75.9 Å². The number of nitrogens with zero attached hydrogens (tertiary/aromatic N) is 8. The standard InChI is InChI=1S/C40H50N10O3/c1-46(2)39(53)34-23-29-24-42-40(45-37(29)50(34)31-8-3-4-9-31)43-35-12-10-32(25-41-35)48-16-14-30(15-17-48)49-20-18-47(19-21-49)26-27-6-5-7-28(22-27)33-11-13-36(51)44-38(33)52/h5-7,10,12,22-25,30-31,33H,3-4,8-9,11,13-21,26H2,1-2H3,(H,44,51,52)(H,41,42,43,45). The number of hydrogen-bond acceptors (Lipinski definition) is 10. The smallest absolute Gasteiger partial charge is 0.270 e. The number of nitrogens with one attached hydrogen (secondary N) is 2. The highest BCUT2D eigenvalue weighted by atomic mass is 16.2. The van der Waals surface area contributed by atoms with Gasteiger partial charge in [0.2, 0.25) is 17.8 Å². The number of piperazine rings is 1. The van der Waals surface area contributed by atoms with Crippen molar-refractivity contribution in [3.8, 4) is 0 Å². The van der Waals surface area contributed by atoms with Gasteiger partial charge in [0.25, 0.3) is 5.91 Å². The molecule has 8 rings (SSSR count). The second kappa shape index (κ2) is 15.2. The first-order valence-corrected chi connectivity index (χ1v) is 19.3. The zero-order valence-electron chi connectivity index (χ0n) is 30.8. The molecule has 0 radical (unpaired) electrons. The molecular weight excluding hydrogens is 669 g/mol. The molecule has 53 heavy (non-hydrogen) atoms. The van der Waals surface area contributed by atoms with Crippen LogP contribution in [0.4, 0.5) is 17.5 Å². The molecule has 3 aromatic heterocycles. The van der Waals surface area contributed by atoms with Crippen molar-refractivity contribution in [2.75, 3.05) is 63.6 Å². The van der Waals surface area contributed by atoms with Crippen LogP contribution in [0.5, 0.6) is 0 Å². The van der Waals surface area contributed by atoms with Crippen LogP contribution in [-0.4, -0.2) is 111 Å². The molecule has 1 unspecified atom stereocenters. The van der Waals surface area contributed by atoms with E-state index in [4.69, 9.17) is 9.97 Å². The number of amides is 3. The maximum atomic E-state index is 13.1. The first-order valence-electron chi connectivity index (χ1n) is 19.3. The fourth-order valence-electron chi connectivity index (χ4n) is 8.71. The molecule has 278 valence electrons. The topological polar surface area (TPSA) is 132 Å². The van der Waals surface area contributed by atoms with Crippen molar-refractivity contribution in [1.29, 1.82) is 0 Å². The lowest BCUT2D eigenvalue weighted by molar-refractivity contribution is -0.134. The molecule has 2 N–H and O–H groups in total. The van der Waals surface area contributed by atoms with Gasteiger partial charge in [-0.15, -0.1) is 0 Å². The lowest BCUT2D eigenvalue weighted by Crippen LogP contribution is -2.53. The zero-order valence-corrected chi connectivity index (χ0v) is 30.8. The van der Waals surface area contributed by atoms with Gasteiger partial charge in [-0.05, 0) is 61.4 Å². The van der Waals surface area contributed by atoms with Crippen molar-refractivity contribution in [2.24, 2.45) is 0 Å². The van der Waals surface area contributed by atoms with Crippen molar-refractivity contribution in [3.63, 3.8) is 0 Å². The third-order valence-electron chi connectivity index (χ3n) is 11.6. The summed E-state index contributed by atoms with van der Waals surface area (Å²) in [7, 11) is 3.57. The van der Waals surface area contributed by atoms with Gasteiger partial charge in [-0.2, -0.15) is 4.98 Å². The van der Waals surface area contributed by atoms with E-state index < -0.39 is 0 Å². The molecule has 3 amide bonds. The Morgan fingerprint density at radius 2 is 1.68 bits per heavy atom. The van der Waals surface area contributed by atoms with E-state index in [1.54, 1.807) is 25.2 Å². The van der Waals surface area contributed by atoms with Crippen LogP contribution < -0.4 is 15.5 Å². The van der Waals surface area contributed by atoms with Crippen molar-refractivity contribution < 1.29 is 14.4 Å². The predicted octanol–water partition coefficient (Wildman–Crippen LogP) is 4.69. The van der Waals surface area contributed by atoms with Gasteiger partial charge >= 0.3 is 0 Å². The van der Waals surface area contributed by atoms with Crippen molar-refractivity contribution in [3.05, 3.63) is 71.7 Å². The van der Waals surface area contributed by atoms with Crippen LogP contribution in [0.15, 0.2) is 54.9 Å². The predicted molar refractivity (Wildman–Crippen MR) is 204 cm³/mol. The monoisotopic (exact) mass is 718 g/mol. The normalized spacial score (nSPS) is 20.9. The van der Waals surface area contributed by atoms with E-state index in [9.17, 15) is 14.4 Å². The van der Waals surface area contributed by atoms with E-state index in [-0.39, 0.29) is 29.7 Å². The second-order valence-corrected chi connectivity index (χ2v) is 15.3. The Bertz CT molecular complexity index is 1950. The minimum atomic E-state index is -0.243. The molecule has 6 heterocycles. The lowest BCUT2D eigenvalue weighted by atomic mass is 9.89. The summed E-state index contributed by atoms with van der Waals surface area (Å²) in [5.41, 5.74) is 4.81. The van der Waals surface area contributed by atoms with Crippen LogP contribution in [0.2, 0.25) is 0 Å². The highest BCUT2D eigenvalue weighted by Gasteiger charge is 2.30. The summed E-state index contributed by atoms with van der Waals surface area (Å²) >= 11 is 0. The number of hydrogen-bond donors (Lipinski definition) is 2. The van der Waals surface area contributed by atoms with Gasteiger partial charge in [-0.3, -0.25) is 29.5 Å². The quantitative estimate of drug-likeness (QED) is 0.235. The number of piperidine rings is 2. The Morgan fingerprint density at radius 3 is 2.40 bits per heavy atom. The maximum absolute atomic E-state index is 13.1. The van der Waals surface area contributed by atoms with Crippen LogP contribution in [0, 0.1) is 0 Å². The lowest BCUT2D eigenvalue weighted by Gasteiger charge is -2.43. The van der Waals surface area contributed by atoms with Crippen LogP contribution in [0.25, 0.3) is 11.0 Å². The Hall–Kier alpha value is -4.88. The average molecular weight is 719 g/mol. The Kier molecular flexibility index (Phi) is 10.1. The first kappa shape index (κ1) is 35.2. The molecule has 1 saturated carbocycles. The Balaban J connectivity index is 0.830. The first-order chi connectivity index (χ1) is 25.8. The highest BCUT2D eigenvalue weighted by Crippen LogP contribution is 2.35. The van der Waals surface area contributed by atoms with Crippen molar-refractivity contribution in [1.82, 2.24) is 39.5 Å². The van der Waals surface area contributed by atoms with E-state index in [1.807, 2.05) is 30.5 Å². The molecule has 0 bridgehead atoms. The number of benzene rings is 1. The number of aromatic nitrogens is 4. The molecule has 13 nitrogen and oxygen atoms in total. The molecule has 4 aliphatic rings. The summed E-state index contributed by atoms with van der Waals surface area (Å²) in [6.45, 7) is 7.05. The molecule has 1 aliphatic carbocycles. The fraction of sp³-hybridized carbons (Fsp3) is 0.500. The molecule has 1 aromatic carbocycles. The number of carbonyl (C=O) groups is 3. The van der Waals surface area contributed by atoms with Gasteiger partial charge in [0.05, 0.1) is 17.8 Å². The number of imide groups is 1. The maximum Gasteiger partial charge on any atom is 0.270 e. The van der Waals surface area contributed by atoms with Crippen LogP contribution >= 0.6 is 0 Å². The largest absolute Gasteiger partial charge is 0.370 e. The number of carbonyl (C=O) groups excluding carboxylic acids is 3. The third kappa shape index (κ3) is 7.63. The van der Waals surface area contributed by atoms with Gasteiger partial charge in [0.15, 0.2) is 0 Å². The van der Waals surface area contributed by atoms with Gasteiger partial charge in [0.1, 0.15) is 17.2 Å². The molecule has 3 saturated heterocycles. The van der Waals surface area contributed by atoms with E-state index >= 15 is 0 Å². The molecule has 4 aromatic rings. The minimum Gasteiger partial charge on any atom is -0.370 e. The van der Waals surface area contributed by atoms with E-state index in [2.05, 4.69) is 53.1 Å². The third-order valence-corrected chi connectivity index (χ3v) is 11.6. The summed E-state index contributed by atoms with van der Waals surface area (Å²) in [4.78, 5) is 60.5. The van der Waals surface area contributed by atoms with Crippen LogP contribution in [0.3, 0.4) is 0 Å². The number of rotatable bonds is 9. The highest BCUT2D eigenvalue weighted by molar-refractivity contribution is 6.01. The summed E-state index contributed by atoms with van der Waals surface area (Å²) in [6, 6.07) is 15.2. The zero-order chi connectivity index (χ0) is 36.5. The molecule has 1 atom stereocenters. The van der Waals surface area contributed by atoms with Gasteiger partial charge in [-0.1, -0.05) is 37.1 Å². The molecule has 0 spiro atoms. The Morgan fingerprint density at radius 1 is 0.887 bits per heavy atom. The fourth-order valence-corrected chi connectivity index (χ4v) is 8.71. The average Bonchev–Trinajstić information content (AvgIpc) is 3.84. The molecule has 3 aliphatic heterocycles. The number of anilines is 3. The van der Waals surface area contributed by atoms with Crippen LogP contribution in [-0.2, 0) is 16.1 Å². The SMILES string of the molecule is CN(C)C(=O)c1cc2cnc(Nc3ccc(N4CCC(N5CCN(Cc6cccc(C7CCC(=O)NC7=O)c6)CC5)CC4)cn3)nc2n1C1CCCC1. The summed E-state index contributed by atoms with van der Waals surface area (Å²) < 4.78 is 2.13. The second-order valence-electron chi connectivity index (χ2n) is 15.3. The molecule has 4 fully saturated rings. The number of pyridine rings is 1.